The number of nitrogens with one attached hydrogen (secondary N) is 1. The van der Waals surface area contributed by atoms with Crippen LogP contribution >= 0.6 is 0 Å². The normalized spacial score (nSPS) is 16.0. The maximum Gasteiger partial charge on any atom is 0.247 e. The van der Waals surface area contributed by atoms with E-state index in [1.54, 1.807) is 22.2 Å². The largest absolute Gasteiger partial charge is 0.347 e. The van der Waals surface area contributed by atoms with Crippen molar-refractivity contribution in [1.29, 1.82) is 0 Å². The second-order valence-electron chi connectivity index (χ2n) is 5.27. The third kappa shape index (κ3) is 3.48. The molecule has 1 aromatic rings. The Balaban J connectivity index is 2.03. The fourth-order valence-electron chi connectivity index (χ4n) is 2.39. The molecule has 1 saturated heterocycles. The van der Waals surface area contributed by atoms with E-state index in [0.717, 1.165) is 6.42 Å². The average molecular weight is 291 g/mol. The van der Waals surface area contributed by atoms with Gasteiger partial charge in [-0.3, -0.25) is 9.59 Å². The summed E-state index contributed by atoms with van der Waals surface area (Å²) in [6, 6.07) is -0.423. The lowest BCUT2D eigenvalue weighted by atomic mass is 10.2. The number of nitrogens with zero attached hydrogens (tertiary/aromatic N) is 4. The van der Waals surface area contributed by atoms with Crippen LogP contribution < -0.4 is 10.2 Å². The molecule has 21 heavy (non-hydrogen) atoms. The van der Waals surface area contributed by atoms with E-state index in [4.69, 9.17) is 0 Å². The minimum atomic E-state index is -0.423. The number of carbonyl (C=O) groups excluding carboxylic acids is 2. The van der Waals surface area contributed by atoms with Crippen molar-refractivity contribution >= 4 is 23.5 Å². The summed E-state index contributed by atoms with van der Waals surface area (Å²) in [5.41, 5.74) is 0.538. The standard InChI is InChI=1S/C14H21N5O2/c1-4-11(19-7-5-6-12(19)20)13(21)17-10-8-15-14(16-9-10)18(2)3/h8-9,11H,4-7H2,1-3H3,(H,17,21). The first kappa shape index (κ1) is 15.2. The Kier molecular flexibility index (Phi) is 4.72. The van der Waals surface area contributed by atoms with Gasteiger partial charge in [-0.05, 0) is 12.8 Å². The van der Waals surface area contributed by atoms with E-state index >= 15 is 0 Å². The fourth-order valence-corrected chi connectivity index (χ4v) is 2.39. The summed E-state index contributed by atoms with van der Waals surface area (Å²) >= 11 is 0. The van der Waals surface area contributed by atoms with Crippen LogP contribution in [-0.2, 0) is 9.59 Å². The summed E-state index contributed by atoms with van der Waals surface area (Å²) in [6.45, 7) is 2.56. The van der Waals surface area contributed by atoms with Crippen LogP contribution in [0.15, 0.2) is 12.4 Å². The van der Waals surface area contributed by atoms with E-state index in [9.17, 15) is 9.59 Å². The van der Waals surface area contributed by atoms with Gasteiger partial charge < -0.3 is 15.1 Å². The number of likely N-dealkylation sites (tertiary alicyclic amines) is 1. The molecule has 0 aliphatic carbocycles. The molecule has 2 heterocycles. The summed E-state index contributed by atoms with van der Waals surface area (Å²) in [4.78, 5) is 35.8. The van der Waals surface area contributed by atoms with Crippen LogP contribution in [0, 0.1) is 0 Å². The Hall–Kier alpha value is -2.18. The predicted octanol–water partition coefficient (Wildman–Crippen LogP) is 0.882. The van der Waals surface area contributed by atoms with E-state index in [1.807, 2.05) is 21.0 Å². The van der Waals surface area contributed by atoms with Crippen molar-refractivity contribution in [3.63, 3.8) is 0 Å². The maximum atomic E-state index is 12.3. The molecule has 1 fully saturated rings. The second kappa shape index (κ2) is 6.51. The van der Waals surface area contributed by atoms with Crippen molar-refractivity contribution in [1.82, 2.24) is 14.9 Å². The zero-order valence-corrected chi connectivity index (χ0v) is 12.7. The number of carbonyl (C=O) groups is 2. The topological polar surface area (TPSA) is 78.4 Å². The molecule has 1 aliphatic rings. The molecule has 0 saturated carbocycles. The molecule has 1 atom stereocenters. The van der Waals surface area contributed by atoms with Crippen LogP contribution in [0.25, 0.3) is 0 Å². The second-order valence-corrected chi connectivity index (χ2v) is 5.27. The highest BCUT2D eigenvalue weighted by Gasteiger charge is 2.31. The van der Waals surface area contributed by atoms with E-state index in [2.05, 4.69) is 15.3 Å². The molecule has 0 aromatic carbocycles. The number of amides is 2. The van der Waals surface area contributed by atoms with Crippen LogP contribution in [0.2, 0.25) is 0 Å². The summed E-state index contributed by atoms with van der Waals surface area (Å²) < 4.78 is 0. The van der Waals surface area contributed by atoms with Gasteiger partial charge in [-0.15, -0.1) is 0 Å². The smallest absolute Gasteiger partial charge is 0.247 e. The van der Waals surface area contributed by atoms with Gasteiger partial charge in [-0.25, -0.2) is 9.97 Å². The van der Waals surface area contributed by atoms with Gasteiger partial charge in [0.15, 0.2) is 0 Å². The fraction of sp³-hybridized carbons (Fsp3) is 0.571. The Labute approximate surface area is 124 Å². The van der Waals surface area contributed by atoms with E-state index in [-0.39, 0.29) is 11.8 Å². The van der Waals surface area contributed by atoms with Crippen molar-refractivity contribution < 1.29 is 9.59 Å². The average Bonchev–Trinajstić information content (AvgIpc) is 2.86. The molecule has 1 aliphatic heterocycles. The Morgan fingerprint density at radius 1 is 1.43 bits per heavy atom. The van der Waals surface area contributed by atoms with Crippen LogP contribution in [-0.4, -0.2) is 53.4 Å². The lowest BCUT2D eigenvalue weighted by Crippen LogP contribution is -2.44. The van der Waals surface area contributed by atoms with Gasteiger partial charge in [0.25, 0.3) is 0 Å². The van der Waals surface area contributed by atoms with Crippen molar-refractivity contribution in [2.24, 2.45) is 0 Å². The van der Waals surface area contributed by atoms with Crippen molar-refractivity contribution in [3.05, 3.63) is 12.4 Å². The number of hydrogen-bond donors (Lipinski definition) is 1. The molecule has 114 valence electrons. The van der Waals surface area contributed by atoms with E-state index in [0.29, 0.717) is 31.0 Å². The van der Waals surface area contributed by atoms with Crippen molar-refractivity contribution in [2.45, 2.75) is 32.2 Å². The summed E-state index contributed by atoms with van der Waals surface area (Å²) in [6.07, 6.45) is 5.08. The number of aromatic nitrogens is 2. The lowest BCUT2D eigenvalue weighted by Gasteiger charge is -2.25. The first-order valence-corrected chi connectivity index (χ1v) is 7.12. The van der Waals surface area contributed by atoms with Crippen LogP contribution in [0.5, 0.6) is 0 Å². The molecule has 0 bridgehead atoms. The molecule has 0 radical (unpaired) electrons. The summed E-state index contributed by atoms with van der Waals surface area (Å²) in [7, 11) is 3.69. The summed E-state index contributed by atoms with van der Waals surface area (Å²) in [5.74, 6) is 0.444. The van der Waals surface area contributed by atoms with E-state index in [1.165, 1.54) is 0 Å². The van der Waals surface area contributed by atoms with Crippen molar-refractivity contribution in [2.75, 3.05) is 30.9 Å². The van der Waals surface area contributed by atoms with Gasteiger partial charge in [0.05, 0.1) is 18.1 Å². The first-order valence-electron chi connectivity index (χ1n) is 7.12. The highest BCUT2D eigenvalue weighted by atomic mass is 16.2. The van der Waals surface area contributed by atoms with Gasteiger partial charge in [0.1, 0.15) is 6.04 Å². The minimum absolute atomic E-state index is 0.0520. The lowest BCUT2D eigenvalue weighted by molar-refractivity contribution is -0.135. The van der Waals surface area contributed by atoms with Crippen LogP contribution in [0.3, 0.4) is 0 Å². The highest BCUT2D eigenvalue weighted by Crippen LogP contribution is 2.17. The molecule has 1 aromatic heterocycles. The Bertz CT molecular complexity index is 515. The first-order chi connectivity index (χ1) is 10.0. The molecule has 2 rings (SSSR count). The van der Waals surface area contributed by atoms with Crippen LogP contribution in [0.1, 0.15) is 26.2 Å². The molecule has 7 nitrogen and oxygen atoms in total. The highest BCUT2D eigenvalue weighted by molar-refractivity contribution is 5.97. The molecular weight excluding hydrogens is 270 g/mol. The third-order valence-corrected chi connectivity index (χ3v) is 3.48. The molecule has 0 spiro atoms. The third-order valence-electron chi connectivity index (χ3n) is 3.48. The Morgan fingerprint density at radius 2 is 2.10 bits per heavy atom. The number of hydrogen-bond acceptors (Lipinski definition) is 5. The molecular formula is C14H21N5O2. The molecule has 2 amide bonds. The zero-order chi connectivity index (χ0) is 15.4. The SMILES string of the molecule is CCC(C(=O)Nc1cnc(N(C)C)nc1)N1CCCC1=O. The Morgan fingerprint density at radius 3 is 2.57 bits per heavy atom. The predicted molar refractivity (Wildman–Crippen MR) is 80.0 cm³/mol. The number of anilines is 2. The monoisotopic (exact) mass is 291 g/mol. The van der Waals surface area contributed by atoms with Gasteiger partial charge in [-0.2, -0.15) is 0 Å². The van der Waals surface area contributed by atoms with Gasteiger partial charge in [-0.1, -0.05) is 6.92 Å². The van der Waals surface area contributed by atoms with Gasteiger partial charge in [0.2, 0.25) is 17.8 Å². The molecule has 7 heteroatoms. The summed E-state index contributed by atoms with van der Waals surface area (Å²) in [5, 5.41) is 2.78. The maximum absolute atomic E-state index is 12.3. The van der Waals surface area contributed by atoms with Gasteiger partial charge in [0, 0.05) is 27.1 Å². The molecule has 1 N–H and O–H groups in total. The quantitative estimate of drug-likeness (QED) is 0.871. The van der Waals surface area contributed by atoms with E-state index < -0.39 is 6.04 Å². The minimum Gasteiger partial charge on any atom is -0.347 e. The molecule has 1 unspecified atom stereocenters. The zero-order valence-electron chi connectivity index (χ0n) is 12.7. The van der Waals surface area contributed by atoms with Gasteiger partial charge >= 0.3 is 0 Å². The van der Waals surface area contributed by atoms with Crippen LogP contribution in [0.4, 0.5) is 11.6 Å². The number of rotatable bonds is 5. The van der Waals surface area contributed by atoms with Crippen molar-refractivity contribution in [3.8, 4) is 0 Å².